The summed E-state index contributed by atoms with van der Waals surface area (Å²) in [4.78, 5) is 42.3. The fourth-order valence-corrected chi connectivity index (χ4v) is 7.15. The first-order valence-electron chi connectivity index (χ1n) is 10.5. The highest BCUT2D eigenvalue weighted by molar-refractivity contribution is 6.11. The third-order valence-electron chi connectivity index (χ3n) is 8.32. The Balaban J connectivity index is 1.46. The minimum atomic E-state index is -0.836. The third kappa shape index (κ3) is 2.28. The predicted molar refractivity (Wildman–Crippen MR) is 105 cm³/mol. The van der Waals surface area contributed by atoms with E-state index < -0.39 is 5.54 Å². The van der Waals surface area contributed by atoms with Crippen molar-refractivity contribution in [1.82, 2.24) is 9.80 Å². The number of carbonyl (C=O) groups excluding carboxylic acids is 3. The number of ketones is 1. The summed E-state index contributed by atoms with van der Waals surface area (Å²) in [6.45, 7) is 1.79. The molecule has 1 saturated heterocycles. The Hall–Kier alpha value is -2.17. The molecular weight excluding hydrogens is 352 g/mol. The predicted octanol–water partition coefficient (Wildman–Crippen LogP) is 3.74. The van der Waals surface area contributed by atoms with E-state index in [0.29, 0.717) is 23.3 Å². The molecule has 0 spiro atoms. The van der Waals surface area contributed by atoms with Crippen molar-refractivity contribution in [3.63, 3.8) is 0 Å². The van der Waals surface area contributed by atoms with E-state index in [4.69, 9.17) is 0 Å². The molecule has 1 heterocycles. The van der Waals surface area contributed by atoms with Crippen LogP contribution in [0.15, 0.2) is 30.3 Å². The topological polar surface area (TPSA) is 57.7 Å². The summed E-state index contributed by atoms with van der Waals surface area (Å²) in [6.07, 6.45) is 6.99. The van der Waals surface area contributed by atoms with Crippen molar-refractivity contribution >= 4 is 17.7 Å². The molecule has 1 atom stereocenters. The highest BCUT2D eigenvalue weighted by Gasteiger charge is 2.68. The zero-order valence-corrected chi connectivity index (χ0v) is 16.7. The Labute approximate surface area is 166 Å². The SMILES string of the molecule is CN1C(=O)N(CC(=O)c2ccccc2)C(=O)C1(C)C12CC3C[C@H](C1)C[C@@H](C3)C2. The summed E-state index contributed by atoms with van der Waals surface area (Å²) in [5.74, 6) is 1.72. The van der Waals surface area contributed by atoms with Gasteiger partial charge in [0.15, 0.2) is 5.78 Å². The Morgan fingerprint density at radius 1 is 1.00 bits per heavy atom. The van der Waals surface area contributed by atoms with E-state index in [1.807, 2.05) is 13.0 Å². The molecule has 5 aliphatic rings. The van der Waals surface area contributed by atoms with E-state index in [1.54, 1.807) is 36.2 Å². The molecule has 28 heavy (non-hydrogen) atoms. The van der Waals surface area contributed by atoms with E-state index in [0.717, 1.165) is 19.3 Å². The molecule has 1 aromatic carbocycles. The van der Waals surface area contributed by atoms with Gasteiger partial charge in [-0.1, -0.05) is 30.3 Å². The van der Waals surface area contributed by atoms with Gasteiger partial charge >= 0.3 is 6.03 Å². The van der Waals surface area contributed by atoms with Crippen LogP contribution in [-0.2, 0) is 4.79 Å². The molecule has 1 aliphatic heterocycles. The van der Waals surface area contributed by atoms with Crippen molar-refractivity contribution in [3.8, 4) is 0 Å². The third-order valence-corrected chi connectivity index (χ3v) is 8.32. The van der Waals surface area contributed by atoms with Gasteiger partial charge in [-0.25, -0.2) is 4.79 Å². The minimum Gasteiger partial charge on any atom is -0.312 e. The first-order valence-corrected chi connectivity index (χ1v) is 10.5. The molecule has 5 fully saturated rings. The van der Waals surface area contributed by atoms with Crippen molar-refractivity contribution in [2.75, 3.05) is 13.6 Å². The van der Waals surface area contributed by atoms with Gasteiger partial charge in [0.25, 0.3) is 5.91 Å². The average Bonchev–Trinajstić information content (AvgIpc) is 2.84. The second-order valence-corrected chi connectivity index (χ2v) is 9.79. The lowest BCUT2D eigenvalue weighted by atomic mass is 9.44. The average molecular weight is 380 g/mol. The highest BCUT2D eigenvalue weighted by Crippen LogP contribution is 2.65. The van der Waals surface area contributed by atoms with Crippen molar-refractivity contribution < 1.29 is 14.4 Å². The number of amides is 3. The summed E-state index contributed by atoms with van der Waals surface area (Å²) in [7, 11) is 1.76. The summed E-state index contributed by atoms with van der Waals surface area (Å²) < 4.78 is 0. The molecule has 0 radical (unpaired) electrons. The number of hydrogen-bond donors (Lipinski definition) is 0. The lowest BCUT2D eigenvalue weighted by Crippen LogP contribution is -2.64. The second kappa shape index (κ2) is 5.91. The Morgan fingerprint density at radius 3 is 2.07 bits per heavy atom. The van der Waals surface area contributed by atoms with Gasteiger partial charge in [0, 0.05) is 18.0 Å². The molecule has 5 nitrogen and oxygen atoms in total. The normalized spacial score (nSPS) is 39.1. The lowest BCUT2D eigenvalue weighted by molar-refractivity contribution is -0.156. The number of benzene rings is 1. The van der Waals surface area contributed by atoms with Crippen LogP contribution in [0.25, 0.3) is 0 Å². The van der Waals surface area contributed by atoms with Crippen LogP contribution in [-0.4, -0.2) is 46.7 Å². The minimum absolute atomic E-state index is 0.131. The van der Waals surface area contributed by atoms with Crippen molar-refractivity contribution in [2.24, 2.45) is 23.2 Å². The van der Waals surface area contributed by atoms with Crippen LogP contribution in [0.4, 0.5) is 4.79 Å². The number of likely N-dealkylation sites (N-methyl/N-ethyl adjacent to an activating group) is 1. The van der Waals surface area contributed by atoms with E-state index in [9.17, 15) is 14.4 Å². The quantitative estimate of drug-likeness (QED) is 0.591. The number of hydrogen-bond acceptors (Lipinski definition) is 3. The summed E-state index contributed by atoms with van der Waals surface area (Å²) in [6, 6.07) is 8.58. The molecule has 1 unspecified atom stereocenters. The van der Waals surface area contributed by atoms with Crippen molar-refractivity contribution in [1.29, 1.82) is 0 Å². The van der Waals surface area contributed by atoms with E-state index >= 15 is 0 Å². The maximum absolute atomic E-state index is 13.6. The molecule has 4 bridgehead atoms. The van der Waals surface area contributed by atoms with Crippen LogP contribution in [0, 0.1) is 23.2 Å². The molecule has 5 heteroatoms. The molecule has 0 N–H and O–H groups in total. The van der Waals surface area contributed by atoms with Gasteiger partial charge in [0.2, 0.25) is 0 Å². The van der Waals surface area contributed by atoms with E-state index in [-0.39, 0.29) is 29.7 Å². The van der Waals surface area contributed by atoms with Gasteiger partial charge in [-0.05, 0) is 63.2 Å². The van der Waals surface area contributed by atoms with Crippen LogP contribution in [0.1, 0.15) is 55.8 Å². The van der Waals surface area contributed by atoms with Gasteiger partial charge in [-0.2, -0.15) is 0 Å². The summed E-state index contributed by atoms with van der Waals surface area (Å²) in [5, 5.41) is 0. The van der Waals surface area contributed by atoms with Gasteiger partial charge < -0.3 is 4.90 Å². The van der Waals surface area contributed by atoms with Gasteiger partial charge in [0.05, 0.1) is 6.54 Å². The molecule has 0 aromatic heterocycles. The van der Waals surface area contributed by atoms with Gasteiger partial charge in [-0.3, -0.25) is 14.5 Å². The van der Waals surface area contributed by atoms with Crippen LogP contribution >= 0.6 is 0 Å². The molecule has 148 valence electrons. The lowest BCUT2D eigenvalue weighted by Gasteiger charge is -2.62. The van der Waals surface area contributed by atoms with Gasteiger partial charge in [0.1, 0.15) is 5.54 Å². The second-order valence-electron chi connectivity index (χ2n) is 9.79. The number of Topliss-reactive ketones (excluding diaryl/α,β-unsaturated/α-hetero) is 1. The molecule has 1 aromatic rings. The molecule has 4 aliphatic carbocycles. The first-order chi connectivity index (χ1) is 13.3. The largest absolute Gasteiger partial charge is 0.327 e. The Morgan fingerprint density at radius 2 is 1.54 bits per heavy atom. The number of carbonyl (C=O) groups is 3. The first kappa shape index (κ1) is 17.9. The van der Waals surface area contributed by atoms with E-state index in [2.05, 4.69) is 0 Å². The van der Waals surface area contributed by atoms with Crippen LogP contribution in [0.5, 0.6) is 0 Å². The van der Waals surface area contributed by atoms with Gasteiger partial charge in [-0.15, -0.1) is 0 Å². The molecule has 6 rings (SSSR count). The van der Waals surface area contributed by atoms with Crippen LogP contribution in [0.3, 0.4) is 0 Å². The van der Waals surface area contributed by atoms with E-state index in [1.165, 1.54) is 24.2 Å². The molecule has 4 saturated carbocycles. The fraction of sp³-hybridized carbons (Fsp3) is 0.609. The number of nitrogens with zero attached hydrogens (tertiary/aromatic N) is 2. The van der Waals surface area contributed by atoms with Crippen LogP contribution < -0.4 is 0 Å². The highest BCUT2D eigenvalue weighted by atomic mass is 16.2. The molecule has 3 amide bonds. The Kier molecular flexibility index (Phi) is 3.78. The smallest absolute Gasteiger partial charge is 0.312 e. The summed E-state index contributed by atoms with van der Waals surface area (Å²) in [5.41, 5.74) is -0.431. The van der Waals surface area contributed by atoms with Crippen molar-refractivity contribution in [2.45, 2.75) is 51.0 Å². The monoisotopic (exact) mass is 380 g/mol. The number of urea groups is 1. The van der Waals surface area contributed by atoms with Crippen LogP contribution in [0.2, 0.25) is 0 Å². The summed E-state index contributed by atoms with van der Waals surface area (Å²) >= 11 is 0. The fourth-order valence-electron chi connectivity index (χ4n) is 7.15. The zero-order chi connectivity index (χ0) is 19.7. The maximum Gasteiger partial charge on any atom is 0.327 e. The number of imide groups is 1. The zero-order valence-electron chi connectivity index (χ0n) is 16.7. The maximum atomic E-state index is 13.6. The standard InChI is InChI=1S/C23H28N2O3/c1-22(23-11-15-8-16(12-23)10-17(9-15)13-23)20(27)25(21(28)24(22)2)14-19(26)18-6-4-3-5-7-18/h3-7,15-17H,8-14H2,1-2H3/t15-,16+,17?,22?,23?. The van der Waals surface area contributed by atoms with Crippen molar-refractivity contribution in [3.05, 3.63) is 35.9 Å². The number of rotatable bonds is 4. The Bertz CT molecular complexity index is 813. The molecular formula is C23H28N2O3.